The Balaban J connectivity index is 1.64. The molecule has 1 aliphatic rings. The zero-order valence-corrected chi connectivity index (χ0v) is 16.6. The van der Waals surface area contributed by atoms with Crippen molar-refractivity contribution in [1.82, 2.24) is 25.5 Å². The second-order valence-corrected chi connectivity index (χ2v) is 8.43. The van der Waals surface area contributed by atoms with Crippen LogP contribution in [-0.2, 0) is 4.79 Å². The Kier molecular flexibility index (Phi) is 6.29. The Morgan fingerprint density at radius 2 is 1.96 bits per heavy atom. The molecule has 0 bridgehead atoms. The fraction of sp³-hybridized carbons (Fsp3) is 0.579. The quantitative estimate of drug-likeness (QED) is 0.785. The highest BCUT2D eigenvalue weighted by Crippen LogP contribution is 2.27. The van der Waals surface area contributed by atoms with Crippen LogP contribution in [0.3, 0.4) is 0 Å². The minimum absolute atomic E-state index is 0.0524. The number of hydrogen-bond donors (Lipinski definition) is 1. The van der Waals surface area contributed by atoms with E-state index in [1.807, 2.05) is 39.0 Å². The summed E-state index contributed by atoms with van der Waals surface area (Å²) in [6, 6.07) is 6.10. The van der Waals surface area contributed by atoms with E-state index in [0.717, 1.165) is 23.4 Å². The van der Waals surface area contributed by atoms with Crippen LogP contribution >= 0.6 is 11.8 Å². The van der Waals surface area contributed by atoms with Crippen LogP contribution in [0.5, 0.6) is 0 Å². The van der Waals surface area contributed by atoms with Crippen molar-refractivity contribution in [2.24, 2.45) is 5.92 Å². The molecule has 1 N–H and O–H groups in total. The number of benzene rings is 1. The summed E-state index contributed by atoms with van der Waals surface area (Å²) in [6.07, 6.45) is 6.36. The number of para-hydroxylation sites is 1. The monoisotopic (exact) mass is 373 g/mol. The number of nitrogens with one attached hydrogen (secondary N) is 1. The van der Waals surface area contributed by atoms with Crippen LogP contribution in [0.1, 0.15) is 50.2 Å². The molecule has 140 valence electrons. The molecule has 7 heteroatoms. The first-order valence-corrected chi connectivity index (χ1v) is 10.2. The van der Waals surface area contributed by atoms with E-state index in [1.165, 1.54) is 43.9 Å². The van der Waals surface area contributed by atoms with E-state index in [9.17, 15) is 4.79 Å². The Morgan fingerprint density at radius 3 is 2.65 bits per heavy atom. The van der Waals surface area contributed by atoms with Crippen molar-refractivity contribution in [1.29, 1.82) is 0 Å². The van der Waals surface area contributed by atoms with Crippen molar-refractivity contribution in [3.05, 3.63) is 29.3 Å². The number of aromatic nitrogens is 4. The van der Waals surface area contributed by atoms with E-state index in [1.54, 1.807) is 4.68 Å². The Morgan fingerprint density at radius 1 is 1.27 bits per heavy atom. The lowest BCUT2D eigenvalue weighted by molar-refractivity contribution is -0.120. The summed E-state index contributed by atoms with van der Waals surface area (Å²) in [4.78, 5) is 12.5. The predicted octanol–water partition coefficient (Wildman–Crippen LogP) is 3.46. The summed E-state index contributed by atoms with van der Waals surface area (Å²) in [6.45, 7) is 6.77. The number of carbonyl (C=O) groups excluding carboxylic acids is 1. The number of amides is 1. The Hall–Kier alpha value is -1.89. The lowest BCUT2D eigenvalue weighted by atomic mass is 9.89. The molecule has 26 heavy (non-hydrogen) atoms. The van der Waals surface area contributed by atoms with Gasteiger partial charge in [0.2, 0.25) is 11.1 Å². The maximum absolute atomic E-state index is 12.5. The molecule has 1 unspecified atom stereocenters. The van der Waals surface area contributed by atoms with Crippen LogP contribution in [0.15, 0.2) is 23.4 Å². The van der Waals surface area contributed by atoms with Crippen LogP contribution in [0.4, 0.5) is 0 Å². The first-order chi connectivity index (χ1) is 12.6. The summed E-state index contributed by atoms with van der Waals surface area (Å²) in [5, 5.41) is 15.6. The summed E-state index contributed by atoms with van der Waals surface area (Å²) in [5.41, 5.74) is 3.19. The van der Waals surface area contributed by atoms with Gasteiger partial charge in [-0.3, -0.25) is 4.79 Å². The molecule has 1 saturated carbocycles. The zero-order chi connectivity index (χ0) is 18.5. The van der Waals surface area contributed by atoms with Gasteiger partial charge in [-0.15, -0.1) is 5.10 Å². The van der Waals surface area contributed by atoms with Crippen LogP contribution in [0.25, 0.3) is 5.69 Å². The average molecular weight is 374 g/mol. The lowest BCUT2D eigenvalue weighted by Gasteiger charge is -2.22. The van der Waals surface area contributed by atoms with Crippen LogP contribution in [0, 0.1) is 19.8 Å². The molecule has 1 heterocycles. The number of rotatable bonds is 6. The van der Waals surface area contributed by atoms with Gasteiger partial charge in [0.05, 0.1) is 10.9 Å². The lowest BCUT2D eigenvalue weighted by Crippen LogP contribution is -2.35. The van der Waals surface area contributed by atoms with Crippen molar-refractivity contribution in [2.75, 3.05) is 6.54 Å². The maximum Gasteiger partial charge on any atom is 0.233 e. The van der Waals surface area contributed by atoms with Gasteiger partial charge in [0.15, 0.2) is 0 Å². The van der Waals surface area contributed by atoms with Gasteiger partial charge in [-0.05, 0) is 61.1 Å². The summed E-state index contributed by atoms with van der Waals surface area (Å²) in [7, 11) is 0. The third-order valence-electron chi connectivity index (χ3n) is 5.03. The molecule has 1 amide bonds. The normalized spacial score (nSPS) is 16.4. The molecular formula is C19H27N5OS. The Bertz CT molecular complexity index is 734. The third-order valence-corrected chi connectivity index (χ3v) is 6.07. The van der Waals surface area contributed by atoms with Gasteiger partial charge in [-0.2, -0.15) is 4.68 Å². The first-order valence-electron chi connectivity index (χ1n) is 9.35. The SMILES string of the molecule is Cc1cccc(C)c1-n1nnnc1SC(C)C(=O)NCC1CCCCC1. The number of nitrogens with zero attached hydrogens (tertiary/aromatic N) is 4. The molecule has 1 aromatic heterocycles. The van der Waals surface area contributed by atoms with E-state index in [2.05, 4.69) is 20.8 Å². The van der Waals surface area contributed by atoms with E-state index >= 15 is 0 Å². The predicted molar refractivity (Wildman–Crippen MR) is 104 cm³/mol. The minimum atomic E-state index is -0.243. The number of aryl methyl sites for hydroxylation is 2. The van der Waals surface area contributed by atoms with Crippen molar-refractivity contribution in [2.45, 2.75) is 63.3 Å². The third kappa shape index (κ3) is 4.44. The molecular weight excluding hydrogens is 346 g/mol. The van der Waals surface area contributed by atoms with Crippen LogP contribution < -0.4 is 5.32 Å². The average Bonchev–Trinajstić information content (AvgIpc) is 3.08. The molecule has 1 atom stereocenters. The fourth-order valence-corrected chi connectivity index (χ4v) is 4.34. The van der Waals surface area contributed by atoms with Crippen molar-refractivity contribution >= 4 is 17.7 Å². The molecule has 1 aromatic carbocycles. The van der Waals surface area contributed by atoms with E-state index in [0.29, 0.717) is 11.1 Å². The van der Waals surface area contributed by atoms with Crippen molar-refractivity contribution < 1.29 is 4.79 Å². The van der Waals surface area contributed by atoms with Gasteiger partial charge in [0.25, 0.3) is 0 Å². The number of thioether (sulfide) groups is 1. The molecule has 1 fully saturated rings. The zero-order valence-electron chi connectivity index (χ0n) is 15.7. The van der Waals surface area contributed by atoms with Gasteiger partial charge in [-0.1, -0.05) is 49.2 Å². The van der Waals surface area contributed by atoms with Gasteiger partial charge in [0.1, 0.15) is 0 Å². The molecule has 3 rings (SSSR count). The van der Waals surface area contributed by atoms with Gasteiger partial charge >= 0.3 is 0 Å². The van der Waals surface area contributed by atoms with E-state index in [4.69, 9.17) is 0 Å². The Labute approximate surface area is 159 Å². The van der Waals surface area contributed by atoms with Crippen molar-refractivity contribution in [3.63, 3.8) is 0 Å². The highest BCUT2D eigenvalue weighted by molar-refractivity contribution is 8.00. The largest absolute Gasteiger partial charge is 0.355 e. The highest BCUT2D eigenvalue weighted by atomic mass is 32.2. The maximum atomic E-state index is 12.5. The first kappa shape index (κ1) is 18.9. The molecule has 0 aliphatic heterocycles. The van der Waals surface area contributed by atoms with Gasteiger partial charge < -0.3 is 5.32 Å². The van der Waals surface area contributed by atoms with Crippen molar-refractivity contribution in [3.8, 4) is 5.69 Å². The molecule has 2 aromatic rings. The second kappa shape index (κ2) is 8.66. The summed E-state index contributed by atoms with van der Waals surface area (Å²) in [5.74, 6) is 0.682. The van der Waals surface area contributed by atoms with E-state index < -0.39 is 0 Å². The second-order valence-electron chi connectivity index (χ2n) is 7.12. The number of hydrogen-bond acceptors (Lipinski definition) is 5. The standard InChI is InChI=1S/C19H27N5OS/c1-13-8-7-9-14(2)17(13)24-19(21-22-23-24)26-15(3)18(25)20-12-16-10-5-4-6-11-16/h7-9,15-16H,4-6,10-12H2,1-3H3,(H,20,25). The van der Waals surface area contributed by atoms with Gasteiger partial charge in [-0.25, -0.2) is 0 Å². The molecule has 1 aliphatic carbocycles. The van der Waals surface area contributed by atoms with E-state index in [-0.39, 0.29) is 11.2 Å². The molecule has 0 saturated heterocycles. The van der Waals surface area contributed by atoms with Gasteiger partial charge in [0, 0.05) is 6.54 Å². The highest BCUT2D eigenvalue weighted by Gasteiger charge is 2.21. The topological polar surface area (TPSA) is 72.7 Å². The summed E-state index contributed by atoms with van der Waals surface area (Å²) >= 11 is 1.40. The van der Waals surface area contributed by atoms with Crippen LogP contribution in [0.2, 0.25) is 0 Å². The fourth-order valence-electron chi connectivity index (χ4n) is 3.52. The van der Waals surface area contributed by atoms with Crippen LogP contribution in [-0.4, -0.2) is 37.9 Å². The number of tetrazole rings is 1. The molecule has 6 nitrogen and oxygen atoms in total. The molecule has 0 spiro atoms. The number of carbonyl (C=O) groups is 1. The smallest absolute Gasteiger partial charge is 0.233 e. The minimum Gasteiger partial charge on any atom is -0.355 e. The molecule has 0 radical (unpaired) electrons. The summed E-state index contributed by atoms with van der Waals surface area (Å²) < 4.78 is 1.74.